The van der Waals surface area contributed by atoms with Crippen molar-refractivity contribution < 1.29 is 9.53 Å². The second-order valence-corrected chi connectivity index (χ2v) is 10.5. The van der Waals surface area contributed by atoms with Gasteiger partial charge in [0.15, 0.2) is 0 Å². The third kappa shape index (κ3) is 7.75. The van der Waals surface area contributed by atoms with E-state index >= 15 is 0 Å². The highest BCUT2D eigenvalue weighted by Gasteiger charge is 2.19. The Morgan fingerprint density at radius 2 is 1.38 bits per heavy atom. The van der Waals surface area contributed by atoms with Gasteiger partial charge >= 0.3 is 0 Å². The maximum absolute atomic E-state index is 12.8. The maximum Gasteiger partial charge on any atom is 0.251 e. The van der Waals surface area contributed by atoms with Crippen LogP contribution in [0.3, 0.4) is 0 Å². The van der Waals surface area contributed by atoms with Crippen LogP contribution in [0.4, 0.5) is 0 Å². The Hall–Kier alpha value is -2.99. The molecule has 3 aromatic carbocycles. The first-order valence-electron chi connectivity index (χ1n) is 13.7. The number of nitrogens with one attached hydrogen (secondary N) is 1. The molecule has 0 aromatic heterocycles. The highest BCUT2D eigenvalue weighted by molar-refractivity contribution is 5.94. The van der Waals surface area contributed by atoms with Crippen LogP contribution in [-0.4, -0.2) is 55.1 Å². The normalized spacial score (nSPS) is 17.5. The molecule has 0 radical (unpaired) electrons. The fourth-order valence-corrected chi connectivity index (χ4v) is 5.46. The van der Waals surface area contributed by atoms with Gasteiger partial charge in [0, 0.05) is 38.3 Å². The SMILES string of the molecule is O=C(NCc1cccc(CN2CCOCC2)c1)c1ccc(CN2CCC(Cc3ccccc3)CC2)cc1. The van der Waals surface area contributed by atoms with E-state index in [2.05, 4.69) is 81.8 Å². The molecule has 2 fully saturated rings. The van der Waals surface area contributed by atoms with Crippen LogP contribution < -0.4 is 5.32 Å². The fraction of sp³-hybridized carbons (Fsp3) is 0.406. The first-order valence-corrected chi connectivity index (χ1v) is 13.7. The minimum Gasteiger partial charge on any atom is -0.379 e. The van der Waals surface area contributed by atoms with Gasteiger partial charge in [-0.2, -0.15) is 0 Å². The molecule has 194 valence electrons. The van der Waals surface area contributed by atoms with E-state index in [0.717, 1.165) is 69.5 Å². The largest absolute Gasteiger partial charge is 0.379 e. The Balaban J connectivity index is 1.05. The van der Waals surface area contributed by atoms with E-state index in [1.165, 1.54) is 36.0 Å². The standard InChI is InChI=1S/C32H39N3O2/c36-32(33-23-29-7-4-8-30(22-29)25-35-17-19-37-20-18-35)31-11-9-28(10-12-31)24-34-15-13-27(14-16-34)21-26-5-2-1-3-6-26/h1-12,22,27H,13-21,23-25H2,(H,33,36). The Labute approximate surface area is 221 Å². The lowest BCUT2D eigenvalue weighted by molar-refractivity contribution is 0.0342. The quantitative estimate of drug-likeness (QED) is 0.457. The van der Waals surface area contributed by atoms with Gasteiger partial charge in [0.25, 0.3) is 5.91 Å². The van der Waals surface area contributed by atoms with Crippen LogP contribution in [0, 0.1) is 5.92 Å². The fourth-order valence-electron chi connectivity index (χ4n) is 5.46. The molecule has 0 unspecified atom stereocenters. The molecule has 0 atom stereocenters. The number of nitrogens with zero attached hydrogens (tertiary/aromatic N) is 2. The Morgan fingerprint density at radius 3 is 2.14 bits per heavy atom. The number of carbonyl (C=O) groups excluding carboxylic acids is 1. The number of likely N-dealkylation sites (tertiary alicyclic amines) is 1. The van der Waals surface area contributed by atoms with Crippen LogP contribution >= 0.6 is 0 Å². The van der Waals surface area contributed by atoms with E-state index in [1.54, 1.807) is 0 Å². The van der Waals surface area contributed by atoms with Crippen molar-refractivity contribution in [3.8, 4) is 0 Å². The van der Waals surface area contributed by atoms with Gasteiger partial charge in [0.05, 0.1) is 13.2 Å². The summed E-state index contributed by atoms with van der Waals surface area (Å²) in [6.45, 7) is 8.27. The van der Waals surface area contributed by atoms with Crippen LogP contribution in [-0.2, 0) is 30.8 Å². The Morgan fingerprint density at radius 1 is 0.730 bits per heavy atom. The van der Waals surface area contributed by atoms with Crippen LogP contribution in [0.5, 0.6) is 0 Å². The molecule has 3 aromatic rings. The smallest absolute Gasteiger partial charge is 0.251 e. The van der Waals surface area contributed by atoms with Crippen molar-refractivity contribution in [3.05, 3.63) is 107 Å². The number of hydrogen-bond acceptors (Lipinski definition) is 4. The predicted molar refractivity (Wildman–Crippen MR) is 148 cm³/mol. The van der Waals surface area contributed by atoms with Gasteiger partial charge in [0.1, 0.15) is 0 Å². The van der Waals surface area contributed by atoms with Crippen molar-refractivity contribution in [2.75, 3.05) is 39.4 Å². The zero-order valence-electron chi connectivity index (χ0n) is 21.8. The highest BCUT2D eigenvalue weighted by atomic mass is 16.5. The molecule has 1 N–H and O–H groups in total. The van der Waals surface area contributed by atoms with Crippen molar-refractivity contribution in [1.82, 2.24) is 15.1 Å². The summed E-state index contributed by atoms with van der Waals surface area (Å²) >= 11 is 0. The number of morpholine rings is 1. The molecule has 5 rings (SSSR count). The van der Waals surface area contributed by atoms with Crippen LogP contribution in [0.2, 0.25) is 0 Å². The van der Waals surface area contributed by atoms with Crippen molar-refractivity contribution in [2.45, 2.75) is 38.9 Å². The Bertz CT molecular complexity index is 1120. The second-order valence-electron chi connectivity index (χ2n) is 10.5. The summed E-state index contributed by atoms with van der Waals surface area (Å²) in [5.41, 5.74) is 5.85. The highest BCUT2D eigenvalue weighted by Crippen LogP contribution is 2.23. The average Bonchev–Trinajstić information content (AvgIpc) is 2.95. The first kappa shape index (κ1) is 25.7. The van der Waals surface area contributed by atoms with E-state index in [9.17, 15) is 4.79 Å². The van der Waals surface area contributed by atoms with Gasteiger partial charge in [-0.25, -0.2) is 0 Å². The summed E-state index contributed by atoms with van der Waals surface area (Å²) < 4.78 is 5.44. The molecule has 5 heteroatoms. The van der Waals surface area contributed by atoms with Gasteiger partial charge < -0.3 is 10.1 Å². The zero-order chi connectivity index (χ0) is 25.3. The van der Waals surface area contributed by atoms with E-state index in [0.29, 0.717) is 6.54 Å². The summed E-state index contributed by atoms with van der Waals surface area (Å²) in [5, 5.41) is 3.09. The monoisotopic (exact) mass is 497 g/mol. The number of carbonyl (C=O) groups is 1. The average molecular weight is 498 g/mol. The number of ether oxygens (including phenoxy) is 1. The molecular formula is C32H39N3O2. The molecule has 2 heterocycles. The number of amides is 1. The van der Waals surface area contributed by atoms with Crippen LogP contribution in [0.25, 0.3) is 0 Å². The van der Waals surface area contributed by atoms with Gasteiger partial charge in [-0.3, -0.25) is 14.6 Å². The van der Waals surface area contributed by atoms with Crippen molar-refractivity contribution in [2.24, 2.45) is 5.92 Å². The second kappa shape index (κ2) is 13.0. The van der Waals surface area contributed by atoms with E-state index in [1.807, 2.05) is 12.1 Å². The van der Waals surface area contributed by atoms with Gasteiger partial charge in [0.2, 0.25) is 0 Å². The molecule has 0 bridgehead atoms. The number of hydrogen-bond donors (Lipinski definition) is 1. The van der Waals surface area contributed by atoms with Crippen LogP contribution in [0.1, 0.15) is 45.5 Å². The third-order valence-corrected chi connectivity index (χ3v) is 7.65. The van der Waals surface area contributed by atoms with Crippen LogP contribution in [0.15, 0.2) is 78.9 Å². The molecule has 2 saturated heterocycles. The predicted octanol–water partition coefficient (Wildman–Crippen LogP) is 4.90. The topological polar surface area (TPSA) is 44.8 Å². The molecule has 0 spiro atoms. The molecule has 2 aliphatic heterocycles. The first-order chi connectivity index (χ1) is 18.2. The summed E-state index contributed by atoms with van der Waals surface area (Å²) in [6, 6.07) is 27.5. The summed E-state index contributed by atoms with van der Waals surface area (Å²) in [6.07, 6.45) is 3.70. The van der Waals surface area contributed by atoms with Gasteiger partial charge in [-0.05, 0) is 72.7 Å². The minimum atomic E-state index is -0.0214. The van der Waals surface area contributed by atoms with E-state index < -0.39 is 0 Å². The maximum atomic E-state index is 12.8. The third-order valence-electron chi connectivity index (χ3n) is 7.65. The molecule has 5 nitrogen and oxygen atoms in total. The van der Waals surface area contributed by atoms with E-state index in [-0.39, 0.29) is 5.91 Å². The minimum absolute atomic E-state index is 0.0214. The number of benzene rings is 3. The molecule has 0 saturated carbocycles. The summed E-state index contributed by atoms with van der Waals surface area (Å²) in [5.74, 6) is 0.761. The number of piperidine rings is 1. The van der Waals surface area contributed by atoms with Gasteiger partial charge in [-0.15, -0.1) is 0 Å². The summed E-state index contributed by atoms with van der Waals surface area (Å²) in [7, 11) is 0. The molecule has 1 amide bonds. The molecule has 0 aliphatic carbocycles. The molecule has 37 heavy (non-hydrogen) atoms. The van der Waals surface area contributed by atoms with Crippen molar-refractivity contribution in [1.29, 1.82) is 0 Å². The zero-order valence-corrected chi connectivity index (χ0v) is 21.8. The van der Waals surface area contributed by atoms with Gasteiger partial charge in [-0.1, -0.05) is 66.7 Å². The lowest BCUT2D eigenvalue weighted by Crippen LogP contribution is -2.35. The van der Waals surface area contributed by atoms with Crippen molar-refractivity contribution in [3.63, 3.8) is 0 Å². The number of rotatable bonds is 9. The molecular weight excluding hydrogens is 458 g/mol. The van der Waals surface area contributed by atoms with Crippen molar-refractivity contribution >= 4 is 5.91 Å². The lowest BCUT2D eigenvalue weighted by Gasteiger charge is -2.32. The molecule has 2 aliphatic rings. The lowest BCUT2D eigenvalue weighted by atomic mass is 9.90. The Kier molecular flexibility index (Phi) is 9.01. The van der Waals surface area contributed by atoms with E-state index in [4.69, 9.17) is 4.74 Å². The summed E-state index contributed by atoms with van der Waals surface area (Å²) in [4.78, 5) is 17.7.